The van der Waals surface area contributed by atoms with Gasteiger partial charge in [-0.3, -0.25) is 0 Å². The summed E-state index contributed by atoms with van der Waals surface area (Å²) in [4.78, 5) is 0. The molecule has 0 aliphatic carbocycles. The molecule has 0 amide bonds. The lowest BCUT2D eigenvalue weighted by molar-refractivity contribution is 0.625. The monoisotopic (exact) mass is 327 g/mol. The minimum absolute atomic E-state index is 0.210. The van der Waals surface area contributed by atoms with Gasteiger partial charge in [0.15, 0.2) is 0 Å². The SMILES string of the molecule is Cc1cc(F)ccc1CNc1ccc(Br)cc1Cl. The molecule has 1 N–H and O–H groups in total. The Hall–Kier alpha value is -1.06. The summed E-state index contributed by atoms with van der Waals surface area (Å²) in [5, 5.41) is 3.90. The molecule has 0 atom stereocenters. The molecule has 2 aromatic rings. The van der Waals surface area contributed by atoms with E-state index in [0.29, 0.717) is 11.6 Å². The molecule has 0 fully saturated rings. The molecule has 2 aromatic carbocycles. The van der Waals surface area contributed by atoms with E-state index in [4.69, 9.17) is 11.6 Å². The molecular formula is C14H12BrClFN. The second-order valence-corrected chi connectivity index (χ2v) is 5.37. The van der Waals surface area contributed by atoms with E-state index in [9.17, 15) is 4.39 Å². The van der Waals surface area contributed by atoms with E-state index in [0.717, 1.165) is 21.3 Å². The third-order valence-electron chi connectivity index (χ3n) is 2.71. The Morgan fingerprint density at radius 1 is 1.22 bits per heavy atom. The van der Waals surface area contributed by atoms with E-state index in [-0.39, 0.29) is 5.82 Å². The molecule has 0 aliphatic heterocycles. The van der Waals surface area contributed by atoms with Gasteiger partial charge in [-0.1, -0.05) is 33.6 Å². The van der Waals surface area contributed by atoms with Crippen molar-refractivity contribution < 1.29 is 4.39 Å². The lowest BCUT2D eigenvalue weighted by atomic mass is 10.1. The molecule has 0 aliphatic rings. The van der Waals surface area contributed by atoms with Crippen LogP contribution in [0.15, 0.2) is 40.9 Å². The Morgan fingerprint density at radius 3 is 2.67 bits per heavy atom. The Bertz CT molecular complexity index is 520. The van der Waals surface area contributed by atoms with Gasteiger partial charge in [0, 0.05) is 11.0 Å². The quantitative estimate of drug-likeness (QED) is 0.820. The van der Waals surface area contributed by atoms with Gasteiger partial charge in [-0.25, -0.2) is 4.39 Å². The number of halogens is 3. The van der Waals surface area contributed by atoms with Gasteiger partial charge in [0.2, 0.25) is 0 Å². The zero-order valence-electron chi connectivity index (χ0n) is 9.81. The topological polar surface area (TPSA) is 12.0 Å². The summed E-state index contributed by atoms with van der Waals surface area (Å²) in [5.41, 5.74) is 2.84. The second-order valence-electron chi connectivity index (χ2n) is 4.05. The Labute approximate surface area is 119 Å². The van der Waals surface area contributed by atoms with Gasteiger partial charge in [-0.05, 0) is 48.4 Å². The van der Waals surface area contributed by atoms with Crippen LogP contribution in [0.2, 0.25) is 5.02 Å². The van der Waals surface area contributed by atoms with Crippen molar-refractivity contribution in [2.75, 3.05) is 5.32 Å². The number of hydrogen-bond donors (Lipinski definition) is 1. The lowest BCUT2D eigenvalue weighted by Crippen LogP contribution is -2.02. The van der Waals surface area contributed by atoms with Crippen LogP contribution in [-0.2, 0) is 6.54 Å². The first kappa shape index (κ1) is 13.4. The number of nitrogens with one attached hydrogen (secondary N) is 1. The van der Waals surface area contributed by atoms with Crippen LogP contribution in [0.3, 0.4) is 0 Å². The van der Waals surface area contributed by atoms with Gasteiger partial charge in [0.25, 0.3) is 0 Å². The van der Waals surface area contributed by atoms with E-state index in [1.54, 1.807) is 6.07 Å². The summed E-state index contributed by atoms with van der Waals surface area (Å²) in [6.07, 6.45) is 0. The molecule has 0 bridgehead atoms. The van der Waals surface area contributed by atoms with E-state index in [1.165, 1.54) is 12.1 Å². The molecule has 4 heteroatoms. The van der Waals surface area contributed by atoms with Crippen molar-refractivity contribution in [1.82, 2.24) is 0 Å². The van der Waals surface area contributed by atoms with Crippen molar-refractivity contribution >= 4 is 33.2 Å². The molecule has 0 saturated heterocycles. The van der Waals surface area contributed by atoms with Crippen LogP contribution in [-0.4, -0.2) is 0 Å². The highest BCUT2D eigenvalue weighted by atomic mass is 79.9. The Kier molecular flexibility index (Phi) is 4.25. The molecule has 0 heterocycles. The maximum absolute atomic E-state index is 13.0. The van der Waals surface area contributed by atoms with Crippen molar-refractivity contribution in [3.8, 4) is 0 Å². The van der Waals surface area contributed by atoms with Crippen LogP contribution in [0.5, 0.6) is 0 Å². The van der Waals surface area contributed by atoms with Crippen LogP contribution in [0, 0.1) is 12.7 Å². The summed E-state index contributed by atoms with van der Waals surface area (Å²) < 4.78 is 13.9. The van der Waals surface area contributed by atoms with E-state index in [2.05, 4.69) is 21.2 Å². The van der Waals surface area contributed by atoms with Gasteiger partial charge in [0.05, 0.1) is 10.7 Å². The minimum Gasteiger partial charge on any atom is -0.380 e. The third kappa shape index (κ3) is 3.24. The average Bonchev–Trinajstić information content (AvgIpc) is 2.30. The normalized spacial score (nSPS) is 10.4. The summed E-state index contributed by atoms with van der Waals surface area (Å²) >= 11 is 9.47. The first-order chi connectivity index (χ1) is 8.56. The van der Waals surface area contributed by atoms with Crippen molar-refractivity contribution in [2.24, 2.45) is 0 Å². The number of anilines is 1. The summed E-state index contributed by atoms with van der Waals surface area (Å²) in [6.45, 7) is 2.51. The number of hydrogen-bond acceptors (Lipinski definition) is 1. The summed E-state index contributed by atoms with van der Waals surface area (Å²) in [7, 11) is 0. The van der Waals surface area contributed by atoms with Crippen molar-refractivity contribution in [2.45, 2.75) is 13.5 Å². The summed E-state index contributed by atoms with van der Waals surface area (Å²) in [6, 6.07) is 10.4. The minimum atomic E-state index is -0.210. The fourth-order valence-corrected chi connectivity index (χ4v) is 2.42. The van der Waals surface area contributed by atoms with Crippen molar-refractivity contribution in [3.63, 3.8) is 0 Å². The van der Waals surface area contributed by atoms with Gasteiger partial charge in [-0.15, -0.1) is 0 Å². The molecule has 0 saturated carbocycles. The summed E-state index contributed by atoms with van der Waals surface area (Å²) in [5.74, 6) is -0.210. The van der Waals surface area contributed by atoms with E-state index in [1.807, 2.05) is 25.1 Å². The molecular weight excluding hydrogens is 317 g/mol. The van der Waals surface area contributed by atoms with Crippen LogP contribution in [0.4, 0.5) is 10.1 Å². The van der Waals surface area contributed by atoms with Crippen LogP contribution in [0.25, 0.3) is 0 Å². The van der Waals surface area contributed by atoms with Crippen LogP contribution >= 0.6 is 27.5 Å². The van der Waals surface area contributed by atoms with Crippen LogP contribution < -0.4 is 5.32 Å². The van der Waals surface area contributed by atoms with Gasteiger partial charge in [-0.2, -0.15) is 0 Å². The highest BCUT2D eigenvalue weighted by Crippen LogP contribution is 2.26. The molecule has 2 rings (SSSR count). The maximum atomic E-state index is 13.0. The fraction of sp³-hybridized carbons (Fsp3) is 0.143. The largest absolute Gasteiger partial charge is 0.380 e. The average molecular weight is 329 g/mol. The number of aryl methyl sites for hydroxylation is 1. The highest BCUT2D eigenvalue weighted by molar-refractivity contribution is 9.10. The highest BCUT2D eigenvalue weighted by Gasteiger charge is 2.03. The predicted molar refractivity (Wildman–Crippen MR) is 77.6 cm³/mol. The molecule has 0 unspecified atom stereocenters. The number of rotatable bonds is 3. The molecule has 18 heavy (non-hydrogen) atoms. The van der Waals surface area contributed by atoms with Crippen molar-refractivity contribution in [3.05, 3.63) is 62.8 Å². The standard InChI is InChI=1S/C14H12BrClFN/c1-9-6-12(17)4-2-10(9)8-18-14-5-3-11(15)7-13(14)16/h2-7,18H,8H2,1H3. The second kappa shape index (κ2) is 5.72. The Morgan fingerprint density at radius 2 is 2.00 bits per heavy atom. The Balaban J connectivity index is 2.11. The molecule has 1 nitrogen and oxygen atoms in total. The number of benzene rings is 2. The predicted octanol–water partition coefficient (Wildman–Crippen LogP) is 5.16. The molecule has 0 spiro atoms. The molecule has 0 aromatic heterocycles. The molecule has 94 valence electrons. The van der Waals surface area contributed by atoms with E-state index < -0.39 is 0 Å². The maximum Gasteiger partial charge on any atom is 0.123 e. The third-order valence-corrected chi connectivity index (χ3v) is 3.51. The van der Waals surface area contributed by atoms with Gasteiger partial charge < -0.3 is 5.32 Å². The van der Waals surface area contributed by atoms with Gasteiger partial charge >= 0.3 is 0 Å². The van der Waals surface area contributed by atoms with Crippen LogP contribution in [0.1, 0.15) is 11.1 Å². The van der Waals surface area contributed by atoms with Crippen molar-refractivity contribution in [1.29, 1.82) is 0 Å². The zero-order chi connectivity index (χ0) is 13.1. The fourth-order valence-electron chi connectivity index (χ4n) is 1.68. The smallest absolute Gasteiger partial charge is 0.123 e. The van der Waals surface area contributed by atoms with Gasteiger partial charge in [0.1, 0.15) is 5.82 Å². The first-order valence-corrected chi connectivity index (χ1v) is 6.67. The zero-order valence-corrected chi connectivity index (χ0v) is 12.1. The van der Waals surface area contributed by atoms with E-state index >= 15 is 0 Å². The first-order valence-electron chi connectivity index (χ1n) is 5.50. The lowest BCUT2D eigenvalue weighted by Gasteiger charge is -2.10. The molecule has 0 radical (unpaired) electrons.